The fourth-order valence-corrected chi connectivity index (χ4v) is 2.34. The number of nitriles is 1. The van der Waals surface area contributed by atoms with Crippen molar-refractivity contribution in [3.8, 4) is 6.07 Å². The third-order valence-corrected chi connectivity index (χ3v) is 3.50. The Hall–Kier alpha value is -2.32. The summed E-state index contributed by atoms with van der Waals surface area (Å²) in [6.45, 7) is 0. The van der Waals surface area contributed by atoms with Crippen molar-refractivity contribution in [1.29, 1.82) is 5.26 Å². The Kier molecular flexibility index (Phi) is 4.16. The van der Waals surface area contributed by atoms with Crippen LogP contribution in [-0.4, -0.2) is 16.1 Å². The topological polar surface area (TPSA) is 74.0 Å². The number of aromatic carboxylic acids is 1. The summed E-state index contributed by atoms with van der Waals surface area (Å²) in [5.74, 6) is -0.310. The lowest BCUT2D eigenvalue weighted by molar-refractivity contribution is 0.0690. The van der Waals surface area contributed by atoms with Crippen molar-refractivity contribution in [2.75, 3.05) is 0 Å². The average Bonchev–Trinajstić information content (AvgIpc) is 2.46. The number of rotatable bonds is 4. The van der Waals surface area contributed by atoms with Gasteiger partial charge in [-0.2, -0.15) is 5.26 Å². The number of nitrogens with zero attached hydrogens (tertiary/aromatic N) is 2. The molecule has 94 valence electrons. The second-order valence-electron chi connectivity index (χ2n) is 3.78. The van der Waals surface area contributed by atoms with Gasteiger partial charge in [-0.15, -0.1) is 11.8 Å². The number of aromatic nitrogens is 1. The quantitative estimate of drug-likeness (QED) is 0.864. The first-order valence-corrected chi connectivity index (χ1v) is 6.49. The molecule has 2 rings (SSSR count). The van der Waals surface area contributed by atoms with Gasteiger partial charge in [-0.25, -0.2) is 9.78 Å². The first-order chi connectivity index (χ1) is 9.19. The highest BCUT2D eigenvalue weighted by atomic mass is 32.2. The Balaban J connectivity index is 2.03. The van der Waals surface area contributed by atoms with Gasteiger partial charge < -0.3 is 5.11 Å². The molecule has 1 aromatic carbocycles. The van der Waals surface area contributed by atoms with E-state index in [-0.39, 0.29) is 5.69 Å². The lowest BCUT2D eigenvalue weighted by Gasteiger charge is -2.03. The molecule has 0 saturated heterocycles. The van der Waals surface area contributed by atoms with Crippen LogP contribution in [0.4, 0.5) is 0 Å². The molecule has 0 atom stereocenters. The summed E-state index contributed by atoms with van der Waals surface area (Å²) in [5, 5.41) is 17.6. The molecule has 1 N–H and O–H groups in total. The summed E-state index contributed by atoms with van der Waals surface area (Å²) in [5.41, 5.74) is 1.76. The van der Waals surface area contributed by atoms with Gasteiger partial charge in [-0.1, -0.05) is 12.1 Å². The molecule has 0 aliphatic rings. The number of hydrogen-bond acceptors (Lipinski definition) is 4. The molecule has 4 nitrogen and oxygen atoms in total. The lowest BCUT2D eigenvalue weighted by atomic mass is 10.2. The molecule has 0 bridgehead atoms. The minimum atomic E-state index is -1.03. The predicted octanol–water partition coefficient (Wildman–Crippen LogP) is 2.94. The smallest absolute Gasteiger partial charge is 0.354 e. The average molecular weight is 270 g/mol. The summed E-state index contributed by atoms with van der Waals surface area (Å²) in [6, 6.07) is 12.7. The van der Waals surface area contributed by atoms with Crippen molar-refractivity contribution in [1.82, 2.24) is 4.98 Å². The van der Waals surface area contributed by atoms with Gasteiger partial charge in [-0.3, -0.25) is 0 Å². The highest BCUT2D eigenvalue weighted by Gasteiger charge is 2.05. The maximum Gasteiger partial charge on any atom is 0.354 e. The zero-order valence-electron chi connectivity index (χ0n) is 9.91. The molecule has 5 heteroatoms. The molecule has 2 aromatic rings. The van der Waals surface area contributed by atoms with Crippen molar-refractivity contribution in [2.24, 2.45) is 0 Å². The Morgan fingerprint density at radius 2 is 2.05 bits per heavy atom. The van der Waals surface area contributed by atoms with E-state index in [0.29, 0.717) is 5.56 Å². The Bertz CT molecular complexity index is 633. The van der Waals surface area contributed by atoms with Crippen LogP contribution < -0.4 is 0 Å². The largest absolute Gasteiger partial charge is 0.477 e. The number of carboxylic acids is 1. The van der Waals surface area contributed by atoms with Crippen molar-refractivity contribution in [3.05, 3.63) is 59.4 Å². The third kappa shape index (κ3) is 3.57. The zero-order chi connectivity index (χ0) is 13.7. The molecular weight excluding hydrogens is 260 g/mol. The summed E-state index contributed by atoms with van der Waals surface area (Å²) in [7, 11) is 0. The Morgan fingerprint density at radius 3 is 2.68 bits per heavy atom. The van der Waals surface area contributed by atoms with Crippen LogP contribution in [0.1, 0.15) is 21.6 Å². The highest BCUT2D eigenvalue weighted by molar-refractivity contribution is 7.98. The predicted molar refractivity (Wildman–Crippen MR) is 71.9 cm³/mol. The molecule has 1 heterocycles. The van der Waals surface area contributed by atoms with E-state index in [2.05, 4.69) is 11.1 Å². The number of thioether (sulfide) groups is 1. The molecule has 0 radical (unpaired) electrons. The lowest BCUT2D eigenvalue weighted by Crippen LogP contribution is -1.99. The van der Waals surface area contributed by atoms with Gasteiger partial charge in [-0.05, 0) is 29.8 Å². The van der Waals surface area contributed by atoms with Crippen LogP contribution in [0.15, 0.2) is 47.5 Å². The highest BCUT2D eigenvalue weighted by Crippen LogP contribution is 2.23. The molecule has 0 aliphatic heterocycles. The van der Waals surface area contributed by atoms with E-state index in [1.807, 2.05) is 12.1 Å². The molecular formula is C14H10N2O2S. The maximum atomic E-state index is 10.8. The summed E-state index contributed by atoms with van der Waals surface area (Å²) in [6.07, 6.45) is 1.49. The minimum Gasteiger partial charge on any atom is -0.477 e. The molecule has 0 spiro atoms. The first kappa shape index (κ1) is 13.1. The summed E-state index contributed by atoms with van der Waals surface area (Å²) >= 11 is 1.53. The molecule has 0 unspecified atom stereocenters. The van der Waals surface area contributed by atoms with E-state index >= 15 is 0 Å². The van der Waals surface area contributed by atoms with E-state index in [9.17, 15) is 4.79 Å². The van der Waals surface area contributed by atoms with E-state index in [1.165, 1.54) is 18.0 Å². The Labute approximate surface area is 114 Å². The van der Waals surface area contributed by atoms with Crippen LogP contribution in [0.5, 0.6) is 0 Å². The second-order valence-corrected chi connectivity index (χ2v) is 4.83. The SMILES string of the molecule is N#Cc1ccc(CSc2ccnc(C(=O)O)c2)cc1. The Morgan fingerprint density at radius 1 is 1.32 bits per heavy atom. The van der Waals surface area contributed by atoms with Gasteiger partial charge in [0.15, 0.2) is 0 Å². The van der Waals surface area contributed by atoms with Crippen molar-refractivity contribution in [3.63, 3.8) is 0 Å². The van der Waals surface area contributed by atoms with Gasteiger partial charge in [0.05, 0.1) is 11.6 Å². The molecule has 0 saturated carbocycles. The zero-order valence-corrected chi connectivity index (χ0v) is 10.7. The number of hydrogen-bond donors (Lipinski definition) is 1. The molecule has 0 aliphatic carbocycles. The van der Waals surface area contributed by atoms with Crippen LogP contribution >= 0.6 is 11.8 Å². The second kappa shape index (κ2) is 6.03. The van der Waals surface area contributed by atoms with E-state index in [4.69, 9.17) is 10.4 Å². The fourth-order valence-electron chi connectivity index (χ4n) is 1.46. The summed E-state index contributed by atoms with van der Waals surface area (Å²) in [4.78, 5) is 15.4. The van der Waals surface area contributed by atoms with Gasteiger partial charge in [0.25, 0.3) is 0 Å². The van der Waals surface area contributed by atoms with Gasteiger partial charge in [0.2, 0.25) is 0 Å². The summed E-state index contributed by atoms with van der Waals surface area (Å²) < 4.78 is 0. The number of carboxylic acid groups (broad SMARTS) is 1. The van der Waals surface area contributed by atoms with Crippen molar-refractivity contribution < 1.29 is 9.90 Å². The van der Waals surface area contributed by atoms with Gasteiger partial charge in [0, 0.05) is 16.8 Å². The number of pyridine rings is 1. The van der Waals surface area contributed by atoms with Crippen LogP contribution in [0.25, 0.3) is 0 Å². The van der Waals surface area contributed by atoms with E-state index in [1.54, 1.807) is 24.3 Å². The van der Waals surface area contributed by atoms with E-state index < -0.39 is 5.97 Å². The number of carbonyl (C=O) groups is 1. The third-order valence-electron chi connectivity index (χ3n) is 2.44. The van der Waals surface area contributed by atoms with Gasteiger partial charge in [0.1, 0.15) is 5.69 Å². The minimum absolute atomic E-state index is 0.0461. The molecule has 19 heavy (non-hydrogen) atoms. The number of benzene rings is 1. The van der Waals surface area contributed by atoms with Crippen molar-refractivity contribution in [2.45, 2.75) is 10.6 Å². The van der Waals surface area contributed by atoms with Crippen LogP contribution in [0.3, 0.4) is 0 Å². The van der Waals surface area contributed by atoms with E-state index in [0.717, 1.165) is 16.2 Å². The monoisotopic (exact) mass is 270 g/mol. The molecule has 0 fully saturated rings. The standard InChI is InChI=1S/C14H10N2O2S/c15-8-10-1-3-11(4-2-10)9-19-12-5-6-16-13(7-12)14(17)18/h1-7H,9H2,(H,17,18). The van der Waals surface area contributed by atoms with Gasteiger partial charge >= 0.3 is 5.97 Å². The van der Waals surface area contributed by atoms with Crippen LogP contribution in [0, 0.1) is 11.3 Å². The van der Waals surface area contributed by atoms with Crippen LogP contribution in [-0.2, 0) is 5.75 Å². The molecule has 0 amide bonds. The first-order valence-electron chi connectivity index (χ1n) is 5.50. The fraction of sp³-hybridized carbons (Fsp3) is 0.0714. The molecule has 1 aromatic heterocycles. The van der Waals surface area contributed by atoms with Crippen molar-refractivity contribution >= 4 is 17.7 Å². The maximum absolute atomic E-state index is 10.8. The normalized spacial score (nSPS) is 9.84. The van der Waals surface area contributed by atoms with Crippen LogP contribution in [0.2, 0.25) is 0 Å².